The molecule has 0 radical (unpaired) electrons. The molecule has 0 bridgehead atoms. The normalized spacial score (nSPS) is 12.8. The molecule has 148 valence electrons. The molecule has 0 unspecified atom stereocenters. The molecule has 0 aromatic heterocycles. The van der Waals surface area contributed by atoms with Crippen molar-refractivity contribution in [3.63, 3.8) is 0 Å². The second-order valence-corrected chi connectivity index (χ2v) is 6.88. The summed E-state index contributed by atoms with van der Waals surface area (Å²) in [5, 5.41) is 0. The number of hydrogen-bond donors (Lipinski definition) is 0. The van der Waals surface area contributed by atoms with Crippen LogP contribution in [0.3, 0.4) is 0 Å². The Bertz CT molecular complexity index is 646. The summed E-state index contributed by atoms with van der Waals surface area (Å²) in [6.07, 6.45) is 5.65. The minimum absolute atomic E-state index is 0. The molecule has 4 aromatic rings. The Labute approximate surface area is 191 Å². The smallest absolute Gasteiger partial charge is 0.214 e. The molecule has 0 aliphatic heterocycles. The molecular weight excluding hydrogens is 424 g/mol. The van der Waals surface area contributed by atoms with Crippen LogP contribution in [0, 0.1) is 5.92 Å². The second-order valence-electron chi connectivity index (χ2n) is 6.88. The molecule has 0 saturated heterocycles. The molecule has 2 heteroatoms. The minimum Gasteiger partial charge on any atom is -0.214 e. The van der Waals surface area contributed by atoms with E-state index in [1.165, 1.54) is 36.8 Å². The summed E-state index contributed by atoms with van der Waals surface area (Å²) < 4.78 is 0. The Morgan fingerprint density at radius 2 is 0.929 bits per heavy atom. The molecule has 0 atom stereocenters. The maximum atomic E-state index is 2.29. The van der Waals surface area contributed by atoms with E-state index in [0.717, 1.165) is 5.92 Å². The zero-order valence-electron chi connectivity index (χ0n) is 16.1. The summed E-state index contributed by atoms with van der Waals surface area (Å²) in [4.78, 5) is 0. The monoisotopic (exact) mass is 452 g/mol. The number of hydrogen-bond acceptors (Lipinski definition) is 0. The molecule has 5 rings (SSSR count). The van der Waals surface area contributed by atoms with Gasteiger partial charge in [-0.1, -0.05) is 37.5 Å². The maximum Gasteiger partial charge on any atom is 2.00 e. The van der Waals surface area contributed by atoms with Crippen LogP contribution in [0.5, 0.6) is 0 Å². The van der Waals surface area contributed by atoms with Gasteiger partial charge in [-0.2, -0.15) is 71.8 Å². The fourth-order valence-electron chi connectivity index (χ4n) is 3.86. The Balaban J connectivity index is 0.000000271. The van der Waals surface area contributed by atoms with E-state index in [1.807, 2.05) is 60.7 Å². The Kier molecular flexibility index (Phi) is 12.6. The van der Waals surface area contributed by atoms with Crippen molar-refractivity contribution in [2.75, 3.05) is 0 Å². The van der Waals surface area contributed by atoms with E-state index in [1.54, 1.807) is 0 Å². The first-order valence-electron chi connectivity index (χ1n) is 9.72. The van der Waals surface area contributed by atoms with Crippen LogP contribution in [-0.4, -0.2) is 0 Å². The molecule has 28 heavy (non-hydrogen) atoms. The van der Waals surface area contributed by atoms with Crippen molar-refractivity contribution < 1.29 is 34.1 Å². The topological polar surface area (TPSA) is 0 Å². The summed E-state index contributed by atoms with van der Waals surface area (Å²) >= 11 is 0. The number of rotatable bonds is 3. The van der Waals surface area contributed by atoms with E-state index >= 15 is 0 Å². The van der Waals surface area contributed by atoms with Gasteiger partial charge in [0.05, 0.1) is 0 Å². The van der Waals surface area contributed by atoms with E-state index in [2.05, 4.69) is 48.5 Å². The van der Waals surface area contributed by atoms with Crippen LogP contribution in [0.1, 0.15) is 42.7 Å². The van der Waals surface area contributed by atoms with Crippen molar-refractivity contribution in [1.82, 2.24) is 0 Å². The molecule has 1 saturated carbocycles. The molecule has 0 N–H and O–H groups in total. The predicted octanol–water partition coefficient (Wildman–Crippen LogP) is 7.25. The first-order chi connectivity index (χ1) is 12.9. The SMILES string of the molecule is [Fe+2].[Fe+2].c1cc[c-](C([c-]2cccc2)C2CCCC2)c1.c1cc[cH-]c1.c1cc[cH-]c1. The Morgan fingerprint density at radius 3 is 1.21 bits per heavy atom. The minimum atomic E-state index is 0. The molecular formula is C26H28Fe2. The van der Waals surface area contributed by atoms with Crippen LogP contribution in [0.2, 0.25) is 0 Å². The summed E-state index contributed by atoms with van der Waals surface area (Å²) in [5.41, 5.74) is 3.02. The van der Waals surface area contributed by atoms with Gasteiger partial charge in [-0.15, -0.1) is 0 Å². The van der Waals surface area contributed by atoms with Gasteiger partial charge in [0.1, 0.15) is 0 Å². The average Bonchev–Trinajstić information content (AvgIpc) is 3.54. The quantitative estimate of drug-likeness (QED) is 0.227. The van der Waals surface area contributed by atoms with Crippen molar-refractivity contribution in [3.8, 4) is 0 Å². The third-order valence-electron chi connectivity index (χ3n) is 5.08. The van der Waals surface area contributed by atoms with Crippen LogP contribution in [0.4, 0.5) is 0 Å². The van der Waals surface area contributed by atoms with Crippen LogP contribution < -0.4 is 0 Å². The summed E-state index contributed by atoms with van der Waals surface area (Å²) in [6, 6.07) is 37.8. The molecule has 0 spiro atoms. The molecule has 0 amide bonds. The van der Waals surface area contributed by atoms with Crippen molar-refractivity contribution in [2.24, 2.45) is 5.92 Å². The van der Waals surface area contributed by atoms with Crippen LogP contribution in [-0.2, 0) is 34.1 Å². The molecule has 1 fully saturated rings. The standard InChI is InChI=1S/C16H18.2C5H5.2Fe/c1-2-8-13(7-1)16(14-9-3-4-10-14)15-11-5-6-12-15;2*1-2-4-5-3-1;;/h1-4,7-10,15-16H,5-6,11-12H2;2*1-5H;;/q-2;2*-1;2*+2. The third-order valence-corrected chi connectivity index (χ3v) is 5.08. The molecule has 1 aliphatic carbocycles. The van der Waals surface area contributed by atoms with E-state index in [-0.39, 0.29) is 34.1 Å². The van der Waals surface area contributed by atoms with Gasteiger partial charge < -0.3 is 0 Å². The predicted molar refractivity (Wildman–Crippen MR) is 112 cm³/mol. The van der Waals surface area contributed by atoms with Crippen molar-refractivity contribution in [3.05, 3.63) is 120 Å². The Morgan fingerprint density at radius 1 is 0.571 bits per heavy atom. The average molecular weight is 452 g/mol. The van der Waals surface area contributed by atoms with E-state index in [0.29, 0.717) is 5.92 Å². The van der Waals surface area contributed by atoms with Gasteiger partial charge >= 0.3 is 34.1 Å². The largest absolute Gasteiger partial charge is 2.00 e. The van der Waals surface area contributed by atoms with Gasteiger partial charge in [0.15, 0.2) is 0 Å². The summed E-state index contributed by atoms with van der Waals surface area (Å²) in [7, 11) is 0. The third kappa shape index (κ3) is 7.82. The van der Waals surface area contributed by atoms with Gasteiger partial charge in [-0.3, -0.25) is 0 Å². The first-order valence-corrected chi connectivity index (χ1v) is 9.72. The van der Waals surface area contributed by atoms with Gasteiger partial charge in [-0.05, 0) is 0 Å². The zero-order valence-corrected chi connectivity index (χ0v) is 18.3. The zero-order chi connectivity index (χ0) is 17.9. The van der Waals surface area contributed by atoms with E-state index < -0.39 is 0 Å². The van der Waals surface area contributed by atoms with Crippen molar-refractivity contribution in [1.29, 1.82) is 0 Å². The van der Waals surface area contributed by atoms with Crippen LogP contribution in [0.25, 0.3) is 0 Å². The Hall–Kier alpha value is -1.56. The van der Waals surface area contributed by atoms with E-state index in [9.17, 15) is 0 Å². The summed E-state index contributed by atoms with van der Waals surface area (Å²) in [6.45, 7) is 0. The molecule has 0 heterocycles. The summed E-state index contributed by atoms with van der Waals surface area (Å²) in [5.74, 6) is 1.51. The maximum absolute atomic E-state index is 2.29. The van der Waals surface area contributed by atoms with Crippen molar-refractivity contribution in [2.45, 2.75) is 31.6 Å². The van der Waals surface area contributed by atoms with Gasteiger partial charge in [-0.25, -0.2) is 48.5 Å². The van der Waals surface area contributed by atoms with Crippen LogP contribution >= 0.6 is 0 Å². The van der Waals surface area contributed by atoms with Gasteiger partial charge in [0.2, 0.25) is 0 Å². The molecule has 0 nitrogen and oxygen atoms in total. The molecule has 4 aromatic carbocycles. The fourth-order valence-corrected chi connectivity index (χ4v) is 3.86. The second kappa shape index (κ2) is 14.4. The van der Waals surface area contributed by atoms with Gasteiger partial charge in [0, 0.05) is 0 Å². The van der Waals surface area contributed by atoms with E-state index in [4.69, 9.17) is 0 Å². The first kappa shape index (κ1) is 24.5. The fraction of sp³-hybridized carbons (Fsp3) is 0.231. The molecule has 1 aliphatic rings. The van der Waals surface area contributed by atoms with Crippen LogP contribution in [0.15, 0.2) is 109 Å². The van der Waals surface area contributed by atoms with Crippen molar-refractivity contribution >= 4 is 0 Å². The van der Waals surface area contributed by atoms with Gasteiger partial charge in [0.25, 0.3) is 0 Å².